The largest absolute Gasteiger partial charge is 0.307 e. The Bertz CT molecular complexity index is 532. The molecule has 1 N–H and O–H groups in total. The first-order valence-corrected chi connectivity index (χ1v) is 8.42. The van der Waals surface area contributed by atoms with Gasteiger partial charge in [-0.05, 0) is 37.7 Å². The maximum absolute atomic E-state index is 4.47. The van der Waals surface area contributed by atoms with Gasteiger partial charge in [-0.2, -0.15) is 16.9 Å². The molecule has 20 heavy (non-hydrogen) atoms. The number of benzene rings is 1. The molecule has 3 rings (SSSR count). The van der Waals surface area contributed by atoms with E-state index in [9.17, 15) is 0 Å². The van der Waals surface area contributed by atoms with E-state index in [0.717, 1.165) is 5.69 Å². The zero-order chi connectivity index (χ0) is 13.8. The van der Waals surface area contributed by atoms with Crippen LogP contribution in [0, 0.1) is 0 Å². The average Bonchev–Trinajstić information content (AvgIpc) is 2.99. The second-order valence-corrected chi connectivity index (χ2v) is 6.51. The summed E-state index contributed by atoms with van der Waals surface area (Å²) < 4.78 is 1.95. The van der Waals surface area contributed by atoms with Crippen LogP contribution >= 0.6 is 11.8 Å². The fourth-order valence-electron chi connectivity index (χ4n) is 2.60. The van der Waals surface area contributed by atoms with Gasteiger partial charge in [0.25, 0.3) is 0 Å². The summed E-state index contributed by atoms with van der Waals surface area (Å²) in [4.78, 5) is 0. The topological polar surface area (TPSA) is 29.9 Å². The van der Waals surface area contributed by atoms with Crippen LogP contribution in [-0.4, -0.2) is 27.3 Å². The highest BCUT2D eigenvalue weighted by molar-refractivity contribution is 7.99. The second kappa shape index (κ2) is 6.46. The van der Waals surface area contributed by atoms with E-state index in [1.165, 1.54) is 29.9 Å². The van der Waals surface area contributed by atoms with E-state index in [0.29, 0.717) is 12.1 Å². The number of nitrogens with one attached hydrogen (secondary N) is 1. The molecule has 1 saturated heterocycles. The summed E-state index contributed by atoms with van der Waals surface area (Å²) in [5.41, 5.74) is 2.36. The van der Waals surface area contributed by atoms with E-state index in [1.54, 1.807) is 0 Å². The van der Waals surface area contributed by atoms with Crippen molar-refractivity contribution >= 4 is 11.8 Å². The number of rotatable bonds is 4. The molecule has 1 fully saturated rings. The molecule has 4 heteroatoms. The Morgan fingerprint density at radius 3 is 2.95 bits per heavy atom. The van der Waals surface area contributed by atoms with Crippen LogP contribution in [0.25, 0.3) is 5.69 Å². The first kappa shape index (κ1) is 13.7. The normalized spacial score (nSPS) is 20.8. The van der Waals surface area contributed by atoms with Gasteiger partial charge in [0.1, 0.15) is 0 Å². The number of para-hydroxylation sites is 1. The Morgan fingerprint density at radius 2 is 2.20 bits per heavy atom. The molecule has 0 spiro atoms. The lowest BCUT2D eigenvalue weighted by Crippen LogP contribution is -2.35. The monoisotopic (exact) mass is 287 g/mol. The predicted molar refractivity (Wildman–Crippen MR) is 85.5 cm³/mol. The SMILES string of the molecule is CC(NC1CCCSC1)c1cnn(-c2ccccc2)c1. The summed E-state index contributed by atoms with van der Waals surface area (Å²) in [6, 6.07) is 11.3. The summed E-state index contributed by atoms with van der Waals surface area (Å²) in [5.74, 6) is 2.55. The van der Waals surface area contributed by atoms with Gasteiger partial charge in [0.05, 0.1) is 11.9 Å². The van der Waals surface area contributed by atoms with Gasteiger partial charge >= 0.3 is 0 Å². The van der Waals surface area contributed by atoms with Crippen molar-refractivity contribution in [1.82, 2.24) is 15.1 Å². The molecule has 0 saturated carbocycles. The molecule has 1 aliphatic rings. The fourth-order valence-corrected chi connectivity index (χ4v) is 3.69. The van der Waals surface area contributed by atoms with Crippen molar-refractivity contribution in [3.05, 3.63) is 48.3 Å². The molecule has 106 valence electrons. The van der Waals surface area contributed by atoms with Crippen LogP contribution in [0.4, 0.5) is 0 Å². The molecule has 1 aromatic carbocycles. The number of hydrogen-bond donors (Lipinski definition) is 1. The Hall–Kier alpha value is -1.26. The van der Waals surface area contributed by atoms with E-state index < -0.39 is 0 Å². The lowest BCUT2D eigenvalue weighted by molar-refractivity contribution is 0.452. The molecule has 3 nitrogen and oxygen atoms in total. The molecule has 2 unspecified atom stereocenters. The molecule has 1 aliphatic heterocycles. The summed E-state index contributed by atoms with van der Waals surface area (Å²) in [7, 11) is 0. The van der Waals surface area contributed by atoms with Crippen molar-refractivity contribution in [1.29, 1.82) is 0 Å². The molecule has 1 aromatic heterocycles. The fraction of sp³-hybridized carbons (Fsp3) is 0.438. The highest BCUT2D eigenvalue weighted by Crippen LogP contribution is 2.21. The van der Waals surface area contributed by atoms with Crippen molar-refractivity contribution in [2.75, 3.05) is 11.5 Å². The third-order valence-electron chi connectivity index (χ3n) is 3.77. The molecule has 2 heterocycles. The zero-order valence-corrected chi connectivity index (χ0v) is 12.6. The van der Waals surface area contributed by atoms with E-state index in [1.807, 2.05) is 29.1 Å². The predicted octanol–water partition coefficient (Wildman–Crippen LogP) is 3.42. The average molecular weight is 287 g/mol. The Morgan fingerprint density at radius 1 is 1.35 bits per heavy atom. The van der Waals surface area contributed by atoms with Gasteiger partial charge in [-0.1, -0.05) is 18.2 Å². The van der Waals surface area contributed by atoms with Crippen LogP contribution in [0.2, 0.25) is 0 Å². The van der Waals surface area contributed by atoms with Crippen LogP contribution in [-0.2, 0) is 0 Å². The summed E-state index contributed by atoms with van der Waals surface area (Å²) in [5, 5.41) is 8.20. The zero-order valence-electron chi connectivity index (χ0n) is 11.8. The van der Waals surface area contributed by atoms with Crippen molar-refractivity contribution in [3.63, 3.8) is 0 Å². The van der Waals surface area contributed by atoms with Gasteiger partial charge in [0.2, 0.25) is 0 Å². The van der Waals surface area contributed by atoms with Gasteiger partial charge in [-0.15, -0.1) is 0 Å². The highest BCUT2D eigenvalue weighted by atomic mass is 32.2. The molecular weight excluding hydrogens is 266 g/mol. The molecular formula is C16H21N3S. The van der Waals surface area contributed by atoms with Crippen LogP contribution in [0.15, 0.2) is 42.7 Å². The quantitative estimate of drug-likeness (QED) is 0.934. The second-order valence-electron chi connectivity index (χ2n) is 5.36. The number of hydrogen-bond acceptors (Lipinski definition) is 3. The van der Waals surface area contributed by atoms with Crippen LogP contribution in [0.1, 0.15) is 31.4 Å². The van der Waals surface area contributed by atoms with Gasteiger partial charge in [0.15, 0.2) is 0 Å². The summed E-state index contributed by atoms with van der Waals surface area (Å²) in [6.45, 7) is 2.23. The summed E-state index contributed by atoms with van der Waals surface area (Å²) >= 11 is 2.06. The first-order valence-electron chi connectivity index (χ1n) is 7.27. The van der Waals surface area contributed by atoms with Crippen LogP contribution in [0.5, 0.6) is 0 Å². The van der Waals surface area contributed by atoms with E-state index in [2.05, 4.69) is 47.4 Å². The van der Waals surface area contributed by atoms with Crippen molar-refractivity contribution in [3.8, 4) is 5.69 Å². The molecule has 0 aliphatic carbocycles. The maximum atomic E-state index is 4.47. The minimum Gasteiger partial charge on any atom is -0.307 e. The van der Waals surface area contributed by atoms with E-state index in [4.69, 9.17) is 0 Å². The maximum Gasteiger partial charge on any atom is 0.0645 e. The minimum absolute atomic E-state index is 0.358. The molecule has 0 amide bonds. The molecule has 0 bridgehead atoms. The van der Waals surface area contributed by atoms with Crippen molar-refractivity contribution in [2.45, 2.75) is 31.8 Å². The van der Waals surface area contributed by atoms with E-state index >= 15 is 0 Å². The third kappa shape index (κ3) is 3.25. The first-order chi connectivity index (χ1) is 9.83. The lowest BCUT2D eigenvalue weighted by atomic mass is 10.1. The Labute approximate surface area is 124 Å². The van der Waals surface area contributed by atoms with Crippen molar-refractivity contribution < 1.29 is 0 Å². The van der Waals surface area contributed by atoms with Gasteiger partial charge in [-0.25, -0.2) is 4.68 Å². The van der Waals surface area contributed by atoms with Crippen LogP contribution < -0.4 is 5.32 Å². The smallest absolute Gasteiger partial charge is 0.0645 e. The van der Waals surface area contributed by atoms with Crippen LogP contribution in [0.3, 0.4) is 0 Å². The molecule has 2 aromatic rings. The standard InChI is InChI=1S/C16H21N3S/c1-13(18-15-6-5-9-20-12-15)14-10-17-19(11-14)16-7-3-2-4-8-16/h2-4,7-8,10-11,13,15,18H,5-6,9,12H2,1H3. The number of nitrogens with zero attached hydrogens (tertiary/aromatic N) is 2. The minimum atomic E-state index is 0.358. The number of aromatic nitrogens is 2. The lowest BCUT2D eigenvalue weighted by Gasteiger charge is -2.25. The van der Waals surface area contributed by atoms with Gasteiger partial charge in [0, 0.05) is 29.6 Å². The Kier molecular flexibility index (Phi) is 4.43. The number of thioether (sulfide) groups is 1. The van der Waals surface area contributed by atoms with E-state index in [-0.39, 0.29) is 0 Å². The van der Waals surface area contributed by atoms with Crippen molar-refractivity contribution in [2.24, 2.45) is 0 Å². The summed E-state index contributed by atoms with van der Waals surface area (Å²) in [6.07, 6.45) is 6.73. The molecule has 0 radical (unpaired) electrons. The molecule has 2 atom stereocenters. The van der Waals surface area contributed by atoms with Gasteiger partial charge < -0.3 is 5.32 Å². The van der Waals surface area contributed by atoms with Gasteiger partial charge in [-0.3, -0.25) is 0 Å². The highest BCUT2D eigenvalue weighted by Gasteiger charge is 2.17. The third-order valence-corrected chi connectivity index (χ3v) is 4.98. The Balaban J connectivity index is 1.66.